The van der Waals surface area contributed by atoms with Crippen molar-refractivity contribution in [2.75, 3.05) is 24.2 Å². The molecule has 0 radical (unpaired) electrons. The van der Waals surface area contributed by atoms with Crippen LogP contribution in [0.25, 0.3) is 0 Å². The number of amides is 3. The molecule has 3 aromatic rings. The minimum atomic E-state index is -1.16. The highest BCUT2D eigenvalue weighted by atomic mass is 16.4. The van der Waals surface area contributed by atoms with E-state index < -0.39 is 36.0 Å². The number of aliphatic carboxylic acids is 2. The van der Waals surface area contributed by atoms with Gasteiger partial charge in [0.15, 0.2) is 0 Å². The number of benzene rings is 3. The normalized spacial score (nSPS) is 15.3. The van der Waals surface area contributed by atoms with Gasteiger partial charge in [-0.1, -0.05) is 30.3 Å². The molecule has 4 rings (SSSR count). The van der Waals surface area contributed by atoms with Crippen LogP contribution in [-0.2, 0) is 33.6 Å². The van der Waals surface area contributed by atoms with Gasteiger partial charge in [0.1, 0.15) is 17.8 Å². The van der Waals surface area contributed by atoms with E-state index in [1.54, 1.807) is 61.6 Å². The molecule has 1 aliphatic rings. The average Bonchev–Trinajstić information content (AvgIpc) is 2.93. The van der Waals surface area contributed by atoms with Crippen LogP contribution in [0, 0.1) is 0 Å². The lowest BCUT2D eigenvalue weighted by Crippen LogP contribution is -2.49. The fourth-order valence-corrected chi connectivity index (χ4v) is 4.79. The Kier molecular flexibility index (Phi) is 9.20. The Morgan fingerprint density at radius 1 is 0.902 bits per heavy atom. The van der Waals surface area contributed by atoms with Gasteiger partial charge in [0.25, 0.3) is 0 Å². The molecule has 41 heavy (non-hydrogen) atoms. The number of rotatable bonds is 10. The molecule has 0 fully saturated rings. The fraction of sp³-hybridized carbons (Fsp3) is 0.267. The molecule has 214 valence electrons. The molecule has 0 saturated carbocycles. The van der Waals surface area contributed by atoms with E-state index in [4.69, 9.17) is 5.11 Å². The fourth-order valence-electron chi connectivity index (χ4n) is 4.79. The molecule has 3 amide bonds. The zero-order valence-electron chi connectivity index (χ0n) is 22.5. The third kappa shape index (κ3) is 7.83. The summed E-state index contributed by atoms with van der Waals surface area (Å²) in [5.74, 6) is -2.40. The molecule has 0 spiro atoms. The second kappa shape index (κ2) is 13.0. The van der Waals surface area contributed by atoms with Crippen molar-refractivity contribution in [1.82, 2.24) is 10.2 Å². The van der Waals surface area contributed by atoms with Crippen LogP contribution in [0.1, 0.15) is 34.7 Å². The van der Waals surface area contributed by atoms with Crippen LogP contribution in [0.4, 0.5) is 16.2 Å². The first-order valence-corrected chi connectivity index (χ1v) is 13.1. The summed E-state index contributed by atoms with van der Waals surface area (Å²) >= 11 is 0. The van der Waals surface area contributed by atoms with Gasteiger partial charge in [0, 0.05) is 30.8 Å². The molecular formula is C30H32N4O7. The summed E-state index contributed by atoms with van der Waals surface area (Å²) in [5, 5.41) is 36.2. The Labute approximate surface area is 236 Å². The Morgan fingerprint density at radius 2 is 1.54 bits per heavy atom. The molecule has 11 nitrogen and oxygen atoms in total. The van der Waals surface area contributed by atoms with Crippen LogP contribution in [-0.4, -0.2) is 63.7 Å². The number of fused-ring (bicyclic) bond motifs is 1. The third-order valence-electron chi connectivity index (χ3n) is 6.95. The van der Waals surface area contributed by atoms with Gasteiger partial charge in [-0.25, -0.2) is 9.59 Å². The highest BCUT2D eigenvalue weighted by molar-refractivity contribution is 6.00. The van der Waals surface area contributed by atoms with E-state index in [0.717, 1.165) is 16.7 Å². The number of hydrogen-bond acceptors (Lipinski definition) is 6. The number of carboxylic acids is 2. The van der Waals surface area contributed by atoms with Crippen molar-refractivity contribution >= 4 is 35.3 Å². The Balaban J connectivity index is 1.42. The number of nitrogens with one attached hydrogen (secondary N) is 3. The molecule has 2 unspecified atom stereocenters. The number of phenols is 1. The molecule has 0 bridgehead atoms. The molecule has 0 aromatic heterocycles. The quantitative estimate of drug-likeness (QED) is 0.205. The molecule has 11 heteroatoms. The summed E-state index contributed by atoms with van der Waals surface area (Å²) in [7, 11) is 1.80. The summed E-state index contributed by atoms with van der Waals surface area (Å²) in [5.41, 5.74) is 4.19. The zero-order valence-corrected chi connectivity index (χ0v) is 22.5. The molecule has 2 atom stereocenters. The standard InChI is InChI=1S/C30H32N4O7/c1-34-15-14-20-17-22(32-30(41)31-21-7-10-23(35)11-8-21)9-12-24(20)27(34)28(38)33-25(29(39)40)16-19-4-2-18(3-5-19)6-13-26(36)37/h2-5,7-12,17,25,27,35H,6,13-16H2,1H3,(H,33,38)(H,36,37)(H,39,40)(H2,31,32,41). The number of carbonyl (C=O) groups is 4. The van der Waals surface area contributed by atoms with Gasteiger partial charge >= 0.3 is 18.0 Å². The predicted molar refractivity (Wildman–Crippen MR) is 152 cm³/mol. The maximum Gasteiger partial charge on any atom is 0.326 e. The lowest BCUT2D eigenvalue weighted by molar-refractivity contribution is -0.142. The molecular weight excluding hydrogens is 528 g/mol. The summed E-state index contributed by atoms with van der Waals surface area (Å²) in [6.07, 6.45) is 1.10. The van der Waals surface area contributed by atoms with Crippen LogP contribution in [0.5, 0.6) is 5.75 Å². The van der Waals surface area contributed by atoms with Gasteiger partial charge in [-0.15, -0.1) is 0 Å². The van der Waals surface area contributed by atoms with Crippen LogP contribution >= 0.6 is 0 Å². The number of urea groups is 1. The molecule has 1 heterocycles. The molecule has 0 saturated heterocycles. The first-order valence-electron chi connectivity index (χ1n) is 13.1. The van der Waals surface area contributed by atoms with Crippen molar-refractivity contribution < 1.29 is 34.5 Å². The van der Waals surface area contributed by atoms with Gasteiger partial charge in [-0.05, 0) is 78.5 Å². The summed E-state index contributed by atoms with van der Waals surface area (Å²) in [6.45, 7) is 0.559. The number of aryl methyl sites for hydroxylation is 1. The number of likely N-dealkylation sites (N-methyl/N-ethyl adjacent to an activating group) is 1. The topological polar surface area (TPSA) is 168 Å². The first-order chi connectivity index (χ1) is 19.6. The van der Waals surface area contributed by atoms with Gasteiger partial charge in [0.05, 0.1) is 0 Å². The van der Waals surface area contributed by atoms with Gasteiger partial charge in [-0.2, -0.15) is 0 Å². The van der Waals surface area contributed by atoms with Crippen molar-refractivity contribution in [2.24, 2.45) is 0 Å². The number of carbonyl (C=O) groups excluding carboxylic acids is 2. The van der Waals surface area contributed by atoms with E-state index >= 15 is 0 Å². The van der Waals surface area contributed by atoms with Gasteiger partial charge in [0.2, 0.25) is 5.91 Å². The van der Waals surface area contributed by atoms with Crippen molar-refractivity contribution in [3.05, 3.63) is 89.0 Å². The summed E-state index contributed by atoms with van der Waals surface area (Å²) < 4.78 is 0. The van der Waals surface area contributed by atoms with E-state index in [9.17, 15) is 29.4 Å². The highest BCUT2D eigenvalue weighted by Gasteiger charge is 2.33. The Hall–Kier alpha value is -4.90. The minimum absolute atomic E-state index is 0.00803. The highest BCUT2D eigenvalue weighted by Crippen LogP contribution is 2.31. The smallest absolute Gasteiger partial charge is 0.326 e. The van der Waals surface area contributed by atoms with Crippen molar-refractivity contribution in [1.29, 1.82) is 0 Å². The number of aromatic hydroxyl groups is 1. The Morgan fingerprint density at radius 3 is 2.20 bits per heavy atom. The average molecular weight is 561 g/mol. The maximum atomic E-state index is 13.4. The van der Waals surface area contributed by atoms with E-state index in [1.807, 2.05) is 4.90 Å². The lowest BCUT2D eigenvalue weighted by Gasteiger charge is -2.34. The molecule has 0 aliphatic carbocycles. The van der Waals surface area contributed by atoms with Crippen molar-refractivity contribution in [3.8, 4) is 5.75 Å². The SMILES string of the molecule is CN1CCc2cc(NC(=O)Nc3ccc(O)cc3)ccc2C1C(=O)NC(Cc1ccc(CCC(=O)O)cc1)C(=O)O. The van der Waals surface area contributed by atoms with Crippen LogP contribution in [0.3, 0.4) is 0 Å². The molecule has 1 aliphatic heterocycles. The maximum absolute atomic E-state index is 13.4. The van der Waals surface area contributed by atoms with Gasteiger partial charge in [-0.3, -0.25) is 14.5 Å². The van der Waals surface area contributed by atoms with E-state index in [0.29, 0.717) is 36.3 Å². The van der Waals surface area contributed by atoms with E-state index in [2.05, 4.69) is 16.0 Å². The lowest BCUT2D eigenvalue weighted by atomic mass is 9.91. The minimum Gasteiger partial charge on any atom is -0.508 e. The Bertz CT molecular complexity index is 1420. The first kappa shape index (κ1) is 29.1. The second-order valence-electron chi connectivity index (χ2n) is 9.99. The number of carboxylic acid groups (broad SMARTS) is 2. The van der Waals surface area contributed by atoms with Crippen molar-refractivity contribution in [3.63, 3.8) is 0 Å². The number of phenolic OH excluding ortho intramolecular Hbond substituents is 1. The number of anilines is 2. The third-order valence-corrected chi connectivity index (χ3v) is 6.95. The van der Waals surface area contributed by atoms with E-state index in [-0.39, 0.29) is 18.6 Å². The largest absolute Gasteiger partial charge is 0.508 e. The zero-order chi connectivity index (χ0) is 29.5. The second-order valence-corrected chi connectivity index (χ2v) is 9.99. The number of hydrogen-bond donors (Lipinski definition) is 6. The number of nitrogens with zero attached hydrogens (tertiary/aromatic N) is 1. The molecule has 3 aromatic carbocycles. The monoisotopic (exact) mass is 560 g/mol. The van der Waals surface area contributed by atoms with Gasteiger partial charge < -0.3 is 31.3 Å². The van der Waals surface area contributed by atoms with Crippen molar-refractivity contribution in [2.45, 2.75) is 37.8 Å². The molecule has 6 N–H and O–H groups in total. The predicted octanol–water partition coefficient (Wildman–Crippen LogP) is 3.39. The summed E-state index contributed by atoms with van der Waals surface area (Å²) in [6, 6.07) is 16.0. The van der Waals surface area contributed by atoms with Crippen LogP contribution in [0.15, 0.2) is 66.7 Å². The summed E-state index contributed by atoms with van der Waals surface area (Å²) in [4.78, 5) is 50.5. The van der Waals surface area contributed by atoms with Crippen LogP contribution < -0.4 is 16.0 Å². The van der Waals surface area contributed by atoms with Crippen LogP contribution in [0.2, 0.25) is 0 Å². The van der Waals surface area contributed by atoms with E-state index in [1.165, 1.54) is 12.1 Å².